The SMILES string of the molecule is CC(C)(C)C1CCc2nc(NC(=O)c3ccc4c(c3)OCO4)sc2C1. The number of carbonyl (C=O) groups is 1. The maximum Gasteiger partial charge on any atom is 0.257 e. The first-order valence-corrected chi connectivity index (χ1v) is 9.41. The van der Waals surface area contributed by atoms with Crippen molar-refractivity contribution in [1.29, 1.82) is 0 Å². The number of thiazole rings is 1. The highest BCUT2D eigenvalue weighted by Gasteiger charge is 2.31. The molecule has 5 nitrogen and oxygen atoms in total. The zero-order chi connectivity index (χ0) is 17.6. The lowest BCUT2D eigenvalue weighted by atomic mass is 9.73. The number of hydrogen-bond acceptors (Lipinski definition) is 5. The van der Waals surface area contributed by atoms with Gasteiger partial charge in [0.1, 0.15) is 0 Å². The van der Waals surface area contributed by atoms with E-state index in [2.05, 4.69) is 31.1 Å². The summed E-state index contributed by atoms with van der Waals surface area (Å²) in [7, 11) is 0. The summed E-state index contributed by atoms with van der Waals surface area (Å²) in [6.07, 6.45) is 3.21. The van der Waals surface area contributed by atoms with Crippen LogP contribution in [0.15, 0.2) is 18.2 Å². The van der Waals surface area contributed by atoms with E-state index in [4.69, 9.17) is 9.47 Å². The van der Waals surface area contributed by atoms with Gasteiger partial charge in [-0.05, 0) is 48.8 Å². The van der Waals surface area contributed by atoms with Gasteiger partial charge in [-0.25, -0.2) is 4.98 Å². The number of hydrogen-bond donors (Lipinski definition) is 1. The van der Waals surface area contributed by atoms with Crippen LogP contribution in [0.3, 0.4) is 0 Å². The number of amides is 1. The van der Waals surface area contributed by atoms with Crippen molar-refractivity contribution >= 4 is 22.4 Å². The van der Waals surface area contributed by atoms with E-state index in [-0.39, 0.29) is 12.7 Å². The Morgan fingerprint density at radius 2 is 2.08 bits per heavy atom. The number of anilines is 1. The fourth-order valence-corrected chi connectivity index (χ4v) is 4.46. The van der Waals surface area contributed by atoms with E-state index in [1.54, 1.807) is 29.5 Å². The van der Waals surface area contributed by atoms with Crippen molar-refractivity contribution in [1.82, 2.24) is 4.98 Å². The van der Waals surface area contributed by atoms with Crippen molar-refractivity contribution in [3.63, 3.8) is 0 Å². The van der Waals surface area contributed by atoms with Crippen molar-refractivity contribution in [3.05, 3.63) is 34.3 Å². The molecule has 2 aliphatic rings. The minimum atomic E-state index is -0.170. The third kappa shape index (κ3) is 3.23. The quantitative estimate of drug-likeness (QED) is 0.871. The highest BCUT2D eigenvalue weighted by Crippen LogP contribution is 2.40. The second kappa shape index (κ2) is 6.02. The number of benzene rings is 1. The molecule has 1 atom stereocenters. The summed E-state index contributed by atoms with van der Waals surface area (Å²) in [5.41, 5.74) is 1.99. The van der Waals surface area contributed by atoms with Gasteiger partial charge in [-0.3, -0.25) is 10.1 Å². The average molecular weight is 358 g/mol. The number of rotatable bonds is 2. The molecule has 0 fully saturated rings. The van der Waals surface area contributed by atoms with Crippen molar-refractivity contribution in [2.24, 2.45) is 11.3 Å². The molecule has 6 heteroatoms. The fraction of sp³-hybridized carbons (Fsp3) is 0.474. The molecule has 0 radical (unpaired) electrons. The molecule has 1 unspecified atom stereocenters. The van der Waals surface area contributed by atoms with Crippen molar-refractivity contribution in [2.75, 3.05) is 12.1 Å². The van der Waals surface area contributed by atoms with Gasteiger partial charge in [0, 0.05) is 10.4 Å². The molecule has 0 spiro atoms. The standard InChI is InChI=1S/C19H22N2O3S/c1-19(2,3)12-5-6-13-16(9-12)25-18(20-13)21-17(22)11-4-7-14-15(8-11)24-10-23-14/h4,7-8,12H,5-6,9-10H2,1-3H3,(H,20,21,22). The van der Waals surface area contributed by atoms with E-state index in [1.165, 1.54) is 4.88 Å². The lowest BCUT2D eigenvalue weighted by Gasteiger charge is -2.33. The van der Waals surface area contributed by atoms with Gasteiger partial charge in [0.05, 0.1) is 5.69 Å². The summed E-state index contributed by atoms with van der Waals surface area (Å²) < 4.78 is 10.6. The Hall–Kier alpha value is -2.08. The van der Waals surface area contributed by atoms with E-state index < -0.39 is 0 Å². The Balaban J connectivity index is 1.49. The molecular formula is C19H22N2O3S. The average Bonchev–Trinajstić information content (AvgIpc) is 3.18. The molecule has 0 saturated carbocycles. The summed E-state index contributed by atoms with van der Waals surface area (Å²) in [6.45, 7) is 7.10. The van der Waals surface area contributed by atoms with Gasteiger partial charge in [-0.2, -0.15) is 0 Å². The Kier molecular flexibility index (Phi) is 3.95. The highest BCUT2D eigenvalue weighted by molar-refractivity contribution is 7.15. The van der Waals surface area contributed by atoms with Gasteiger partial charge in [0.25, 0.3) is 5.91 Å². The third-order valence-electron chi connectivity index (χ3n) is 5.02. The number of aryl methyl sites for hydroxylation is 1. The molecule has 1 amide bonds. The topological polar surface area (TPSA) is 60.5 Å². The van der Waals surface area contributed by atoms with Gasteiger partial charge in [-0.15, -0.1) is 11.3 Å². The number of carbonyl (C=O) groups excluding carboxylic acids is 1. The van der Waals surface area contributed by atoms with E-state index in [9.17, 15) is 4.79 Å². The molecule has 1 aromatic carbocycles. The molecule has 4 rings (SSSR count). The Morgan fingerprint density at radius 1 is 1.28 bits per heavy atom. The molecule has 0 bridgehead atoms. The molecule has 0 saturated heterocycles. The predicted molar refractivity (Wildman–Crippen MR) is 97.6 cm³/mol. The monoisotopic (exact) mass is 358 g/mol. The first-order valence-electron chi connectivity index (χ1n) is 8.60. The van der Waals surface area contributed by atoms with Crippen LogP contribution in [0, 0.1) is 11.3 Å². The van der Waals surface area contributed by atoms with Crippen LogP contribution in [0.1, 0.15) is 48.1 Å². The fourth-order valence-electron chi connectivity index (χ4n) is 3.37. The van der Waals surface area contributed by atoms with Crippen LogP contribution < -0.4 is 14.8 Å². The predicted octanol–water partition coefficient (Wildman–Crippen LogP) is 4.28. The first-order chi connectivity index (χ1) is 11.9. The maximum atomic E-state index is 12.5. The van der Waals surface area contributed by atoms with E-state index in [0.717, 1.165) is 25.0 Å². The van der Waals surface area contributed by atoms with Crippen molar-refractivity contribution in [3.8, 4) is 11.5 Å². The summed E-state index contributed by atoms with van der Waals surface area (Å²) >= 11 is 1.60. The van der Waals surface area contributed by atoms with Gasteiger partial charge >= 0.3 is 0 Å². The van der Waals surface area contributed by atoms with Crippen LogP contribution in [0.5, 0.6) is 11.5 Å². The van der Waals surface area contributed by atoms with Crippen molar-refractivity contribution < 1.29 is 14.3 Å². The molecule has 1 N–H and O–H groups in total. The minimum Gasteiger partial charge on any atom is -0.454 e. The second-order valence-corrected chi connectivity index (χ2v) is 8.80. The summed E-state index contributed by atoms with van der Waals surface area (Å²) in [4.78, 5) is 18.5. The van der Waals surface area contributed by atoms with Crippen LogP contribution in [-0.2, 0) is 12.8 Å². The largest absolute Gasteiger partial charge is 0.454 e. The lowest BCUT2D eigenvalue weighted by molar-refractivity contribution is 0.102. The number of aromatic nitrogens is 1. The highest BCUT2D eigenvalue weighted by atomic mass is 32.1. The van der Waals surface area contributed by atoms with Crippen LogP contribution >= 0.6 is 11.3 Å². The van der Waals surface area contributed by atoms with Crippen LogP contribution in [0.25, 0.3) is 0 Å². The molecule has 2 heterocycles. The van der Waals surface area contributed by atoms with Crippen LogP contribution in [-0.4, -0.2) is 17.7 Å². The number of nitrogens with zero attached hydrogens (tertiary/aromatic N) is 1. The summed E-state index contributed by atoms with van der Waals surface area (Å²) in [5, 5.41) is 3.61. The first kappa shape index (κ1) is 16.4. The molecule has 1 aliphatic heterocycles. The third-order valence-corrected chi connectivity index (χ3v) is 6.06. The number of fused-ring (bicyclic) bond motifs is 2. The minimum absolute atomic E-state index is 0.170. The lowest BCUT2D eigenvalue weighted by Crippen LogP contribution is -2.26. The van der Waals surface area contributed by atoms with Gasteiger partial charge in [-0.1, -0.05) is 20.8 Å². The van der Waals surface area contributed by atoms with E-state index in [0.29, 0.717) is 33.5 Å². The number of ether oxygens (including phenoxy) is 2. The molecule has 2 aromatic rings. The second-order valence-electron chi connectivity index (χ2n) is 7.72. The molecule has 132 valence electrons. The molecule has 25 heavy (non-hydrogen) atoms. The van der Waals surface area contributed by atoms with Crippen LogP contribution in [0.2, 0.25) is 0 Å². The maximum absolute atomic E-state index is 12.5. The Morgan fingerprint density at radius 3 is 2.88 bits per heavy atom. The number of nitrogens with one attached hydrogen (secondary N) is 1. The molecule has 1 aliphatic carbocycles. The van der Waals surface area contributed by atoms with E-state index >= 15 is 0 Å². The zero-order valence-corrected chi connectivity index (χ0v) is 15.5. The van der Waals surface area contributed by atoms with Gasteiger partial charge < -0.3 is 9.47 Å². The van der Waals surface area contributed by atoms with Gasteiger partial charge in [0.15, 0.2) is 16.6 Å². The Labute approximate surface area is 151 Å². The smallest absolute Gasteiger partial charge is 0.257 e. The zero-order valence-electron chi connectivity index (χ0n) is 14.7. The summed E-state index contributed by atoms with van der Waals surface area (Å²) in [6, 6.07) is 5.21. The van der Waals surface area contributed by atoms with Gasteiger partial charge in [0.2, 0.25) is 6.79 Å². The van der Waals surface area contributed by atoms with E-state index in [1.807, 2.05) is 0 Å². The van der Waals surface area contributed by atoms with Crippen molar-refractivity contribution in [2.45, 2.75) is 40.0 Å². The normalized spacial score (nSPS) is 18.8. The summed E-state index contributed by atoms with van der Waals surface area (Å²) in [5.74, 6) is 1.78. The molecule has 1 aromatic heterocycles. The Bertz CT molecular complexity index is 823. The molecular weight excluding hydrogens is 336 g/mol. The van der Waals surface area contributed by atoms with Crippen LogP contribution in [0.4, 0.5) is 5.13 Å².